The second kappa shape index (κ2) is 4.87. The molecule has 0 aromatic heterocycles. The van der Waals surface area contributed by atoms with E-state index in [1.54, 1.807) is 0 Å². The van der Waals surface area contributed by atoms with E-state index in [9.17, 15) is 9.46 Å². The van der Waals surface area contributed by atoms with Crippen molar-refractivity contribution in [2.24, 2.45) is 5.92 Å². The Balaban J connectivity index is 2.45. The van der Waals surface area contributed by atoms with Crippen LogP contribution in [-0.4, -0.2) is 32.6 Å². The molecular weight excluding hydrogens is 179 g/mol. The van der Waals surface area contributed by atoms with Crippen molar-refractivity contribution in [2.45, 2.75) is 12.5 Å². The third-order valence-electron chi connectivity index (χ3n) is 1.91. The van der Waals surface area contributed by atoms with E-state index in [2.05, 4.69) is 0 Å². The minimum absolute atomic E-state index is 0.0800. The third-order valence-corrected chi connectivity index (χ3v) is 2.68. The second-order valence-electron chi connectivity index (χ2n) is 2.81. The van der Waals surface area contributed by atoms with Crippen LogP contribution in [0.25, 0.3) is 0 Å². The van der Waals surface area contributed by atoms with Gasteiger partial charge in [-0.25, -0.2) is 0 Å². The summed E-state index contributed by atoms with van der Waals surface area (Å²) >= 11 is 0. The lowest BCUT2D eigenvalue weighted by Gasteiger charge is -2.13. The smallest absolute Gasteiger partial charge is 0.309 e. The van der Waals surface area contributed by atoms with E-state index >= 15 is 0 Å². The van der Waals surface area contributed by atoms with Crippen LogP contribution in [0.2, 0.25) is 0 Å². The highest BCUT2D eigenvalue weighted by Crippen LogP contribution is 2.27. The fourth-order valence-corrected chi connectivity index (χ4v) is 2.06. The standard InChI is InChI=1S/C7H13O4P/c1-10-4-7-6(2-3-11-7)5-12(8)9/h6-7H,2-5H2,1H3/t6-,7-/m1/s1/i3T/t3-,6+,7+/m0. The van der Waals surface area contributed by atoms with Crippen LogP contribution in [0.1, 0.15) is 7.79 Å². The maximum absolute atomic E-state index is 10.5. The lowest BCUT2D eigenvalue weighted by molar-refractivity contribution is -0.165. The second-order valence-corrected chi connectivity index (χ2v) is 3.84. The molecule has 0 radical (unpaired) electrons. The van der Waals surface area contributed by atoms with Crippen molar-refractivity contribution in [1.29, 1.82) is 0 Å². The first-order chi connectivity index (χ1) is 6.13. The van der Waals surface area contributed by atoms with E-state index in [1.165, 1.54) is 7.11 Å². The summed E-state index contributed by atoms with van der Waals surface area (Å²) in [6, 6.07) is 0. The van der Waals surface area contributed by atoms with E-state index in [1.807, 2.05) is 0 Å². The largest absolute Gasteiger partial charge is 0.596 e. The van der Waals surface area contributed by atoms with Gasteiger partial charge in [0.1, 0.15) is 6.16 Å². The van der Waals surface area contributed by atoms with Crippen LogP contribution in [-0.2, 0) is 14.0 Å². The molecule has 1 heterocycles. The predicted molar refractivity (Wildman–Crippen MR) is 42.2 cm³/mol. The fourth-order valence-electron chi connectivity index (χ4n) is 1.29. The highest BCUT2D eigenvalue weighted by Gasteiger charge is 2.31. The summed E-state index contributed by atoms with van der Waals surface area (Å²) in [6.45, 7) is -0.233. The fraction of sp³-hybridized carbons (Fsp3) is 1.00. The number of hydrogen-bond acceptors (Lipinski definition) is 4. The van der Waals surface area contributed by atoms with Gasteiger partial charge in [0.2, 0.25) is 0 Å². The normalized spacial score (nSPS) is 38.0. The molecule has 1 fully saturated rings. The van der Waals surface area contributed by atoms with Gasteiger partial charge in [0, 0.05) is 19.6 Å². The van der Waals surface area contributed by atoms with Crippen molar-refractivity contribution in [1.82, 2.24) is 0 Å². The molecule has 70 valence electrons. The van der Waals surface area contributed by atoms with Crippen LogP contribution in [0.4, 0.5) is 0 Å². The monoisotopic (exact) mass is 194 g/mol. The van der Waals surface area contributed by atoms with Crippen molar-refractivity contribution >= 4 is 8.03 Å². The predicted octanol–water partition coefficient (Wildman–Crippen LogP) is 0.141. The van der Waals surface area contributed by atoms with Gasteiger partial charge >= 0.3 is 8.03 Å². The van der Waals surface area contributed by atoms with Crippen molar-refractivity contribution in [3.05, 3.63) is 0 Å². The molecule has 1 aliphatic heterocycles. The average molecular weight is 194 g/mol. The minimum Gasteiger partial charge on any atom is -0.596 e. The number of rotatable bonds is 4. The van der Waals surface area contributed by atoms with Crippen LogP contribution >= 0.6 is 8.03 Å². The van der Waals surface area contributed by atoms with Gasteiger partial charge in [-0.1, -0.05) is 4.57 Å². The summed E-state index contributed by atoms with van der Waals surface area (Å²) < 4.78 is 27.9. The van der Waals surface area contributed by atoms with Gasteiger partial charge in [-0.2, -0.15) is 0 Å². The maximum atomic E-state index is 10.5. The molecule has 0 amide bonds. The Kier molecular flexibility index (Phi) is 3.48. The van der Waals surface area contributed by atoms with Gasteiger partial charge in [0.15, 0.2) is 0 Å². The van der Waals surface area contributed by atoms with Gasteiger partial charge in [-0.05, 0) is 6.42 Å². The van der Waals surface area contributed by atoms with E-state index < -0.39 is 14.6 Å². The maximum Gasteiger partial charge on any atom is 0.309 e. The molecule has 4 nitrogen and oxygen atoms in total. The summed E-state index contributed by atoms with van der Waals surface area (Å²) in [4.78, 5) is 10.5. The Morgan fingerprint density at radius 1 is 1.92 bits per heavy atom. The first-order valence-electron chi connectivity index (χ1n) is 4.39. The molecule has 0 spiro atoms. The molecule has 12 heavy (non-hydrogen) atoms. The zero-order valence-electron chi connectivity index (χ0n) is 7.93. The quantitative estimate of drug-likeness (QED) is 0.597. The van der Waals surface area contributed by atoms with Gasteiger partial charge in [-0.3, -0.25) is 0 Å². The lowest BCUT2D eigenvalue weighted by atomic mass is 10.1. The Bertz CT molecular complexity index is 189. The van der Waals surface area contributed by atoms with Crippen molar-refractivity contribution in [3.63, 3.8) is 0 Å². The highest BCUT2D eigenvalue weighted by molar-refractivity contribution is 7.36. The van der Waals surface area contributed by atoms with Gasteiger partial charge in [-0.15, -0.1) is 0 Å². The molecule has 1 saturated heterocycles. The van der Waals surface area contributed by atoms with Gasteiger partial charge in [0.05, 0.1) is 14.1 Å². The first-order valence-corrected chi connectivity index (χ1v) is 5.18. The van der Waals surface area contributed by atoms with Crippen LogP contribution in [0.5, 0.6) is 0 Å². The number of hydrogen-bond donors (Lipinski definition) is 0. The third kappa shape index (κ3) is 2.79. The van der Waals surface area contributed by atoms with E-state index in [-0.39, 0.29) is 18.2 Å². The SMILES string of the molecule is [3H][C@H]1C[C@H](C[P+](=O)[O-])[C@@H](COC)O1. The van der Waals surface area contributed by atoms with Crippen molar-refractivity contribution < 1.29 is 20.3 Å². The molecule has 4 atom stereocenters. The van der Waals surface area contributed by atoms with Crippen LogP contribution in [0, 0.1) is 5.92 Å². The summed E-state index contributed by atoms with van der Waals surface area (Å²) in [5.41, 5.74) is 0. The molecule has 1 aliphatic rings. The Morgan fingerprint density at radius 3 is 3.25 bits per heavy atom. The molecule has 1 rings (SSSR count). The average Bonchev–Trinajstić information content (AvgIpc) is 2.31. The molecular formula is C7H13O4P. The van der Waals surface area contributed by atoms with Crippen LogP contribution < -0.4 is 4.89 Å². The first kappa shape index (κ1) is 8.57. The molecule has 5 heteroatoms. The zero-order chi connectivity index (χ0) is 9.84. The van der Waals surface area contributed by atoms with Crippen molar-refractivity contribution in [2.75, 3.05) is 26.5 Å². The Hall–Kier alpha value is -0.0200. The Morgan fingerprint density at radius 2 is 2.67 bits per heavy atom. The molecule has 1 unspecified atom stereocenters. The molecule has 0 aromatic carbocycles. The lowest BCUT2D eigenvalue weighted by Crippen LogP contribution is -2.24. The Labute approximate surface area is 74.1 Å². The zero-order valence-corrected chi connectivity index (χ0v) is 7.83. The number of methoxy groups -OCH3 is 1. The molecule has 0 bridgehead atoms. The van der Waals surface area contributed by atoms with Crippen molar-refractivity contribution in [3.8, 4) is 0 Å². The summed E-state index contributed by atoms with van der Waals surface area (Å²) in [6.07, 6.45) is 0.344. The van der Waals surface area contributed by atoms with E-state index in [0.717, 1.165) is 0 Å². The van der Waals surface area contributed by atoms with E-state index in [0.29, 0.717) is 13.0 Å². The molecule has 0 N–H and O–H groups in total. The summed E-state index contributed by atoms with van der Waals surface area (Å²) in [5.74, 6) is -0.0800. The van der Waals surface area contributed by atoms with Gasteiger partial charge in [0.25, 0.3) is 0 Å². The molecule has 0 aromatic rings. The topological polar surface area (TPSA) is 58.6 Å². The van der Waals surface area contributed by atoms with Gasteiger partial charge < -0.3 is 14.4 Å². The van der Waals surface area contributed by atoms with E-state index in [4.69, 9.17) is 10.8 Å². The summed E-state index contributed by atoms with van der Waals surface area (Å²) in [7, 11) is -0.850. The number of ether oxygens (including phenoxy) is 2. The molecule has 0 aliphatic carbocycles. The van der Waals surface area contributed by atoms with Crippen LogP contribution in [0.15, 0.2) is 0 Å². The summed E-state index contributed by atoms with van der Waals surface area (Å²) in [5, 5.41) is 0. The van der Waals surface area contributed by atoms with Crippen LogP contribution in [0.3, 0.4) is 0 Å². The molecule has 0 saturated carbocycles. The highest BCUT2D eigenvalue weighted by atomic mass is 31.1. The minimum atomic E-state index is -2.39.